The van der Waals surface area contributed by atoms with E-state index in [-0.39, 0.29) is 18.7 Å². The van der Waals surface area contributed by atoms with Gasteiger partial charge in [0.1, 0.15) is 6.10 Å². The van der Waals surface area contributed by atoms with Gasteiger partial charge in [0.15, 0.2) is 0 Å². The summed E-state index contributed by atoms with van der Waals surface area (Å²) < 4.78 is 6.28. The number of aliphatic hydroxyl groups is 1. The van der Waals surface area contributed by atoms with Crippen LogP contribution in [0.1, 0.15) is 173 Å². The zero-order chi connectivity index (χ0) is 30.3. The third-order valence-electron chi connectivity index (χ3n) is 9.87. The fraction of sp³-hybridized carbons (Fsp3) is 0.838. The number of hydrogen-bond acceptors (Lipinski definition) is 4. The summed E-state index contributed by atoms with van der Waals surface area (Å²) in [5.41, 5.74) is 6.54. The molecule has 3 saturated carbocycles. The van der Waals surface area contributed by atoms with Crippen molar-refractivity contribution in [3.63, 3.8) is 0 Å². The topological polar surface area (TPSA) is 89.6 Å². The summed E-state index contributed by atoms with van der Waals surface area (Å²) in [6.07, 6.45) is 35.1. The Kier molecular flexibility index (Phi) is 20.7. The van der Waals surface area contributed by atoms with E-state index in [9.17, 15) is 14.7 Å². The van der Waals surface area contributed by atoms with Crippen molar-refractivity contribution in [2.24, 2.45) is 17.6 Å². The maximum absolute atomic E-state index is 13.8. The lowest BCUT2D eigenvalue weighted by Gasteiger charge is -2.32. The van der Waals surface area contributed by atoms with Crippen LogP contribution in [0.25, 0.3) is 0 Å². The molecule has 3 fully saturated rings. The number of rotatable bonds is 6. The number of primary amides is 1. The van der Waals surface area contributed by atoms with Gasteiger partial charge in [0.05, 0.1) is 12.2 Å². The third-order valence-corrected chi connectivity index (χ3v) is 9.87. The fourth-order valence-corrected chi connectivity index (χ4v) is 7.45. The summed E-state index contributed by atoms with van der Waals surface area (Å²) in [5, 5.41) is 10.7. The molecule has 0 spiro atoms. The van der Waals surface area contributed by atoms with Crippen molar-refractivity contribution in [1.29, 1.82) is 0 Å². The summed E-state index contributed by atoms with van der Waals surface area (Å²) in [4.78, 5) is 23.3. The molecule has 0 aromatic carbocycles. The van der Waals surface area contributed by atoms with Crippen molar-refractivity contribution < 1.29 is 19.4 Å². The number of hydrogen-bond donors (Lipinski definition) is 2. The maximum Gasteiger partial charge on any atom is 0.336 e. The highest BCUT2D eigenvalue weighted by Crippen LogP contribution is 2.39. The van der Waals surface area contributed by atoms with Crippen LogP contribution in [0.2, 0.25) is 0 Å². The van der Waals surface area contributed by atoms with Gasteiger partial charge in [-0.05, 0) is 69.3 Å². The van der Waals surface area contributed by atoms with Gasteiger partial charge in [-0.1, -0.05) is 134 Å². The van der Waals surface area contributed by atoms with E-state index in [1.165, 1.54) is 153 Å². The molecule has 0 unspecified atom stereocenters. The first-order valence-corrected chi connectivity index (χ1v) is 18.0. The SMILES string of the molecule is C=CC(N)=O.O=C(OC1CCCCCCCCC1)C(CO)=C(C1CCCCCCCCC1)C1CCCCCCCCC1. The van der Waals surface area contributed by atoms with Crippen molar-refractivity contribution in [3.05, 3.63) is 23.8 Å². The van der Waals surface area contributed by atoms with Crippen LogP contribution < -0.4 is 5.73 Å². The predicted octanol–water partition coefficient (Wildman–Crippen LogP) is 9.65. The second kappa shape index (κ2) is 23.8. The summed E-state index contributed by atoms with van der Waals surface area (Å²) in [6.45, 7) is 2.94. The van der Waals surface area contributed by atoms with Crippen LogP contribution >= 0.6 is 0 Å². The molecule has 0 saturated heterocycles. The molecule has 242 valence electrons. The van der Waals surface area contributed by atoms with Crippen LogP contribution in [0.3, 0.4) is 0 Å². The monoisotopic (exact) mass is 587 g/mol. The zero-order valence-corrected chi connectivity index (χ0v) is 27.1. The van der Waals surface area contributed by atoms with Gasteiger partial charge in [0, 0.05) is 0 Å². The average molecular weight is 588 g/mol. The van der Waals surface area contributed by atoms with Gasteiger partial charge in [-0.2, -0.15) is 0 Å². The van der Waals surface area contributed by atoms with E-state index in [0.29, 0.717) is 17.4 Å². The Balaban J connectivity index is 0.00000113. The van der Waals surface area contributed by atoms with Gasteiger partial charge >= 0.3 is 5.97 Å². The quantitative estimate of drug-likeness (QED) is 0.239. The van der Waals surface area contributed by atoms with Crippen LogP contribution in [0.5, 0.6) is 0 Å². The molecule has 0 aromatic heterocycles. The molecular weight excluding hydrogens is 522 g/mol. The first-order valence-electron chi connectivity index (χ1n) is 18.0. The van der Waals surface area contributed by atoms with E-state index in [1.54, 1.807) is 0 Å². The van der Waals surface area contributed by atoms with Gasteiger partial charge in [-0.15, -0.1) is 0 Å². The van der Waals surface area contributed by atoms with Gasteiger partial charge in [-0.25, -0.2) is 4.79 Å². The molecule has 42 heavy (non-hydrogen) atoms. The number of amides is 1. The number of esters is 1. The predicted molar refractivity (Wildman–Crippen MR) is 175 cm³/mol. The minimum absolute atomic E-state index is 0.0292. The Morgan fingerprint density at radius 1 is 0.595 bits per heavy atom. The molecule has 0 radical (unpaired) electrons. The number of ether oxygens (including phenoxy) is 1. The van der Waals surface area contributed by atoms with E-state index in [2.05, 4.69) is 12.3 Å². The number of carbonyl (C=O) groups is 2. The smallest absolute Gasteiger partial charge is 0.336 e. The molecule has 0 heterocycles. The fourth-order valence-electron chi connectivity index (χ4n) is 7.45. The van der Waals surface area contributed by atoms with Gasteiger partial charge in [0.2, 0.25) is 5.91 Å². The molecule has 3 rings (SSSR count). The Hall–Kier alpha value is -1.62. The number of nitrogens with two attached hydrogens (primary N) is 1. The first kappa shape index (κ1) is 36.6. The Bertz CT molecular complexity index is 718. The standard InChI is InChI=1S/C34H60O3.C3H5NO/c35-28-32(34(36)37-31-26-20-14-8-3-9-15-21-27-31)33(29-22-16-10-4-1-5-11-17-23-29)30-24-18-12-6-2-7-13-19-25-30;1-2-3(4)5/h29-31,35H,1-28H2;2H,1H2,(H2,4,5). The molecule has 0 bridgehead atoms. The highest BCUT2D eigenvalue weighted by Gasteiger charge is 2.30. The third kappa shape index (κ3) is 15.7. The lowest BCUT2D eigenvalue weighted by Crippen LogP contribution is -2.26. The largest absolute Gasteiger partial charge is 0.459 e. The molecule has 0 aliphatic heterocycles. The lowest BCUT2D eigenvalue weighted by molar-refractivity contribution is -0.145. The summed E-state index contributed by atoms with van der Waals surface area (Å²) in [6, 6.07) is 0. The van der Waals surface area contributed by atoms with E-state index in [0.717, 1.165) is 31.8 Å². The normalized spacial score (nSPS) is 21.9. The van der Waals surface area contributed by atoms with Crippen molar-refractivity contribution in [2.45, 2.75) is 179 Å². The summed E-state index contributed by atoms with van der Waals surface area (Å²) in [7, 11) is 0. The van der Waals surface area contributed by atoms with Crippen LogP contribution in [0, 0.1) is 11.8 Å². The van der Waals surface area contributed by atoms with Crippen molar-refractivity contribution >= 4 is 11.9 Å². The van der Waals surface area contributed by atoms with Gasteiger partial charge < -0.3 is 15.6 Å². The molecule has 5 heteroatoms. The zero-order valence-electron chi connectivity index (χ0n) is 27.1. The van der Waals surface area contributed by atoms with E-state index in [4.69, 9.17) is 4.74 Å². The van der Waals surface area contributed by atoms with E-state index < -0.39 is 5.91 Å². The average Bonchev–Trinajstić information content (AvgIpc) is 3.00. The number of carbonyl (C=O) groups excluding carboxylic acids is 2. The van der Waals surface area contributed by atoms with Crippen LogP contribution in [-0.4, -0.2) is 29.7 Å². The molecule has 3 N–H and O–H groups in total. The Morgan fingerprint density at radius 3 is 1.17 bits per heavy atom. The highest BCUT2D eigenvalue weighted by atomic mass is 16.5. The molecule has 1 amide bonds. The second-order valence-corrected chi connectivity index (χ2v) is 13.3. The van der Waals surface area contributed by atoms with E-state index in [1.807, 2.05) is 0 Å². The van der Waals surface area contributed by atoms with Crippen LogP contribution in [-0.2, 0) is 14.3 Å². The number of aliphatic hydroxyl groups excluding tert-OH is 1. The molecule has 3 aliphatic rings. The molecule has 5 nitrogen and oxygen atoms in total. The van der Waals surface area contributed by atoms with Crippen molar-refractivity contribution in [3.8, 4) is 0 Å². The first-order chi connectivity index (χ1) is 20.6. The van der Waals surface area contributed by atoms with Gasteiger partial charge in [0.25, 0.3) is 0 Å². The number of allylic oxidation sites excluding steroid dienone is 1. The molecule has 0 aromatic rings. The van der Waals surface area contributed by atoms with Gasteiger partial charge in [-0.3, -0.25) is 4.79 Å². The minimum atomic E-state index is -0.481. The second-order valence-electron chi connectivity index (χ2n) is 13.3. The summed E-state index contributed by atoms with van der Waals surface area (Å²) >= 11 is 0. The van der Waals surface area contributed by atoms with Crippen LogP contribution in [0.15, 0.2) is 23.8 Å². The minimum Gasteiger partial charge on any atom is -0.459 e. The Morgan fingerprint density at radius 2 is 0.881 bits per heavy atom. The molecule has 0 atom stereocenters. The van der Waals surface area contributed by atoms with Crippen molar-refractivity contribution in [1.82, 2.24) is 0 Å². The highest BCUT2D eigenvalue weighted by molar-refractivity contribution is 5.90. The Labute approximate surface area is 258 Å². The lowest BCUT2D eigenvalue weighted by atomic mass is 9.74. The molecule has 3 aliphatic carbocycles. The summed E-state index contributed by atoms with van der Waals surface area (Å²) in [5.74, 6) is 0.244. The molecular formula is C37H65NO4. The van der Waals surface area contributed by atoms with Crippen molar-refractivity contribution in [2.75, 3.05) is 6.61 Å². The van der Waals surface area contributed by atoms with E-state index >= 15 is 0 Å². The maximum atomic E-state index is 13.8. The van der Waals surface area contributed by atoms with Crippen LogP contribution in [0.4, 0.5) is 0 Å².